The summed E-state index contributed by atoms with van der Waals surface area (Å²) < 4.78 is 10.9. The minimum Gasteiger partial charge on any atom is -0.492 e. The van der Waals surface area contributed by atoms with E-state index < -0.39 is 0 Å². The molecule has 0 bridgehead atoms. The average Bonchev–Trinajstić information content (AvgIpc) is 2.18. The fourth-order valence-electron chi connectivity index (χ4n) is 1.57. The summed E-state index contributed by atoms with van der Waals surface area (Å²) in [5.74, 6) is 0.935. The van der Waals surface area contributed by atoms with E-state index >= 15 is 0 Å². The Morgan fingerprint density at radius 1 is 1.46 bits per heavy atom. The van der Waals surface area contributed by atoms with Crippen LogP contribution in [-0.4, -0.2) is 18.5 Å². The standard InChI is InChI=1S/C10H11BrO2/c1-12-10-7-4-2-3-5-9(7)13-6-8(10)11/h2-5,8,10H,6H2,1H3/t8-,10+/m1/s1. The van der Waals surface area contributed by atoms with E-state index in [1.54, 1.807) is 7.11 Å². The molecule has 70 valence electrons. The predicted molar refractivity (Wildman–Crippen MR) is 54.4 cm³/mol. The zero-order valence-corrected chi connectivity index (χ0v) is 8.95. The molecule has 1 aromatic rings. The molecular weight excluding hydrogens is 232 g/mol. The molecule has 2 rings (SSSR count). The van der Waals surface area contributed by atoms with Gasteiger partial charge in [-0.2, -0.15) is 0 Å². The molecule has 1 aliphatic rings. The van der Waals surface area contributed by atoms with E-state index in [1.165, 1.54) is 0 Å². The van der Waals surface area contributed by atoms with Crippen molar-refractivity contribution in [3.8, 4) is 5.75 Å². The first kappa shape index (κ1) is 9.03. The summed E-state index contributed by atoms with van der Waals surface area (Å²) in [6.45, 7) is 0.662. The largest absolute Gasteiger partial charge is 0.492 e. The van der Waals surface area contributed by atoms with Crippen LogP contribution in [0.5, 0.6) is 5.75 Å². The average molecular weight is 243 g/mol. The maximum atomic E-state index is 5.54. The Labute approximate surface area is 86.0 Å². The van der Waals surface area contributed by atoms with Crippen LogP contribution in [0.4, 0.5) is 0 Å². The van der Waals surface area contributed by atoms with Crippen LogP contribution in [0.1, 0.15) is 11.7 Å². The summed E-state index contributed by atoms with van der Waals surface area (Å²) in [5, 5.41) is 0. The van der Waals surface area contributed by atoms with Crippen molar-refractivity contribution in [3.63, 3.8) is 0 Å². The van der Waals surface area contributed by atoms with Crippen molar-refractivity contribution in [1.29, 1.82) is 0 Å². The quantitative estimate of drug-likeness (QED) is 0.705. The van der Waals surface area contributed by atoms with Crippen LogP contribution in [0.15, 0.2) is 24.3 Å². The first-order valence-corrected chi connectivity index (χ1v) is 5.13. The molecule has 0 aliphatic carbocycles. The third kappa shape index (κ3) is 1.58. The number of methoxy groups -OCH3 is 1. The number of ether oxygens (including phenoxy) is 2. The second-order valence-corrected chi connectivity index (χ2v) is 4.20. The van der Waals surface area contributed by atoms with Gasteiger partial charge in [-0.05, 0) is 6.07 Å². The fourth-order valence-corrected chi connectivity index (χ4v) is 2.21. The summed E-state index contributed by atoms with van der Waals surface area (Å²) in [7, 11) is 1.72. The normalized spacial score (nSPS) is 26.3. The molecule has 0 fully saturated rings. The molecule has 0 aromatic heterocycles. The van der Waals surface area contributed by atoms with Gasteiger partial charge < -0.3 is 9.47 Å². The predicted octanol–water partition coefficient (Wildman–Crippen LogP) is 2.53. The second-order valence-electron chi connectivity index (χ2n) is 3.02. The Hall–Kier alpha value is -0.540. The summed E-state index contributed by atoms with van der Waals surface area (Å²) in [6.07, 6.45) is 0.102. The van der Waals surface area contributed by atoms with Crippen LogP contribution in [0.2, 0.25) is 0 Å². The van der Waals surface area contributed by atoms with Crippen molar-refractivity contribution in [2.24, 2.45) is 0 Å². The highest BCUT2D eigenvalue weighted by molar-refractivity contribution is 9.09. The number of rotatable bonds is 1. The highest BCUT2D eigenvalue weighted by atomic mass is 79.9. The van der Waals surface area contributed by atoms with Crippen LogP contribution in [0.3, 0.4) is 0 Å². The van der Waals surface area contributed by atoms with Gasteiger partial charge in [-0.3, -0.25) is 0 Å². The molecule has 0 saturated carbocycles. The lowest BCUT2D eigenvalue weighted by atomic mass is 10.0. The van der Waals surface area contributed by atoms with E-state index in [0.717, 1.165) is 11.3 Å². The molecule has 1 aromatic carbocycles. The van der Waals surface area contributed by atoms with Gasteiger partial charge in [-0.1, -0.05) is 34.1 Å². The molecule has 13 heavy (non-hydrogen) atoms. The van der Waals surface area contributed by atoms with Gasteiger partial charge in [-0.25, -0.2) is 0 Å². The van der Waals surface area contributed by atoms with Crippen LogP contribution in [0.25, 0.3) is 0 Å². The van der Waals surface area contributed by atoms with Crippen LogP contribution in [0, 0.1) is 0 Å². The topological polar surface area (TPSA) is 18.5 Å². The molecule has 1 aliphatic heterocycles. The molecule has 0 radical (unpaired) electrons. The van der Waals surface area contributed by atoms with Crippen LogP contribution >= 0.6 is 15.9 Å². The molecule has 1 heterocycles. The van der Waals surface area contributed by atoms with E-state index in [4.69, 9.17) is 9.47 Å². The molecule has 0 amide bonds. The zero-order valence-electron chi connectivity index (χ0n) is 7.37. The third-order valence-corrected chi connectivity index (χ3v) is 2.95. The summed E-state index contributed by atoms with van der Waals surface area (Å²) in [6, 6.07) is 7.98. The third-order valence-electron chi connectivity index (χ3n) is 2.21. The summed E-state index contributed by atoms with van der Waals surface area (Å²) >= 11 is 3.53. The monoisotopic (exact) mass is 242 g/mol. The number of hydrogen-bond acceptors (Lipinski definition) is 2. The Morgan fingerprint density at radius 3 is 3.00 bits per heavy atom. The summed E-state index contributed by atoms with van der Waals surface area (Å²) in [4.78, 5) is 0.243. The lowest BCUT2D eigenvalue weighted by Crippen LogP contribution is -2.27. The molecule has 0 unspecified atom stereocenters. The molecular formula is C10H11BrO2. The molecule has 2 atom stereocenters. The van der Waals surface area contributed by atoms with E-state index in [0.29, 0.717) is 6.61 Å². The van der Waals surface area contributed by atoms with Gasteiger partial charge in [0.25, 0.3) is 0 Å². The van der Waals surface area contributed by atoms with Gasteiger partial charge in [0.15, 0.2) is 0 Å². The first-order valence-electron chi connectivity index (χ1n) is 4.21. The second kappa shape index (κ2) is 3.68. The van der Waals surface area contributed by atoms with Crippen molar-refractivity contribution in [1.82, 2.24) is 0 Å². The Kier molecular flexibility index (Phi) is 2.56. The van der Waals surface area contributed by atoms with Crippen molar-refractivity contribution >= 4 is 15.9 Å². The minimum absolute atomic E-state index is 0.102. The van der Waals surface area contributed by atoms with Gasteiger partial charge in [-0.15, -0.1) is 0 Å². The SMILES string of the molecule is CO[C@H]1c2ccccc2OC[C@H]1Br. The Morgan fingerprint density at radius 2 is 2.23 bits per heavy atom. The van der Waals surface area contributed by atoms with E-state index in [9.17, 15) is 0 Å². The lowest BCUT2D eigenvalue weighted by Gasteiger charge is -2.28. The van der Waals surface area contributed by atoms with Gasteiger partial charge >= 0.3 is 0 Å². The maximum Gasteiger partial charge on any atom is 0.125 e. The van der Waals surface area contributed by atoms with Crippen molar-refractivity contribution in [2.45, 2.75) is 10.9 Å². The van der Waals surface area contributed by atoms with Crippen molar-refractivity contribution in [3.05, 3.63) is 29.8 Å². The van der Waals surface area contributed by atoms with E-state index in [2.05, 4.69) is 15.9 Å². The number of alkyl halides is 1. The van der Waals surface area contributed by atoms with Gasteiger partial charge in [0.05, 0.1) is 4.83 Å². The summed E-state index contributed by atoms with van der Waals surface area (Å²) in [5.41, 5.74) is 1.12. The number of halogens is 1. The highest BCUT2D eigenvalue weighted by Gasteiger charge is 2.28. The molecule has 0 saturated heterocycles. The number of para-hydroxylation sites is 1. The Balaban J connectivity index is 2.39. The maximum absolute atomic E-state index is 5.54. The van der Waals surface area contributed by atoms with Crippen molar-refractivity contribution in [2.75, 3.05) is 13.7 Å². The fraction of sp³-hybridized carbons (Fsp3) is 0.400. The number of hydrogen-bond donors (Lipinski definition) is 0. The molecule has 3 heteroatoms. The first-order chi connectivity index (χ1) is 6.33. The molecule has 0 spiro atoms. The zero-order chi connectivity index (χ0) is 9.26. The highest BCUT2D eigenvalue weighted by Crippen LogP contribution is 2.36. The van der Waals surface area contributed by atoms with E-state index in [-0.39, 0.29) is 10.9 Å². The minimum atomic E-state index is 0.102. The van der Waals surface area contributed by atoms with Gasteiger partial charge in [0.2, 0.25) is 0 Å². The smallest absolute Gasteiger partial charge is 0.125 e. The number of fused-ring (bicyclic) bond motifs is 1. The van der Waals surface area contributed by atoms with Gasteiger partial charge in [0.1, 0.15) is 18.5 Å². The van der Waals surface area contributed by atoms with Crippen molar-refractivity contribution < 1.29 is 9.47 Å². The molecule has 0 N–H and O–H groups in total. The number of benzene rings is 1. The van der Waals surface area contributed by atoms with E-state index in [1.807, 2.05) is 24.3 Å². The van der Waals surface area contributed by atoms with Gasteiger partial charge in [0, 0.05) is 12.7 Å². The Bertz CT molecular complexity index is 301. The van der Waals surface area contributed by atoms with Crippen LogP contribution < -0.4 is 4.74 Å². The molecule has 2 nitrogen and oxygen atoms in total. The lowest BCUT2D eigenvalue weighted by molar-refractivity contribution is 0.0716. The van der Waals surface area contributed by atoms with Crippen LogP contribution in [-0.2, 0) is 4.74 Å².